The second kappa shape index (κ2) is 11.3. The first-order valence-electron chi connectivity index (χ1n) is 9.75. The van der Waals surface area contributed by atoms with Gasteiger partial charge in [0.2, 0.25) is 0 Å². The van der Waals surface area contributed by atoms with Gasteiger partial charge in [-0.2, -0.15) is 0 Å². The molecule has 0 fully saturated rings. The van der Waals surface area contributed by atoms with Crippen LogP contribution in [-0.4, -0.2) is 43.5 Å². The zero-order chi connectivity index (χ0) is 25.5. The van der Waals surface area contributed by atoms with E-state index in [1.807, 2.05) is 0 Å². The molecule has 1 aromatic heterocycles. The highest BCUT2D eigenvalue weighted by molar-refractivity contribution is 7.12. The Labute approximate surface area is 207 Å². The Morgan fingerprint density at radius 1 is 1.03 bits per heavy atom. The minimum atomic E-state index is -0.919. The maximum atomic E-state index is 12.8. The van der Waals surface area contributed by atoms with E-state index in [9.17, 15) is 24.5 Å². The number of nitrogens with zero attached hydrogens (tertiary/aromatic N) is 1. The fraction of sp³-hybridized carbons (Fsp3) is 0.136. The van der Waals surface area contributed by atoms with Crippen molar-refractivity contribution < 1.29 is 33.5 Å². The summed E-state index contributed by atoms with van der Waals surface area (Å²) in [7, 11) is 2.77. The van der Waals surface area contributed by atoms with Gasteiger partial charge >= 0.3 is 5.97 Å². The van der Waals surface area contributed by atoms with Crippen molar-refractivity contribution in [1.29, 1.82) is 0 Å². The molecule has 2 amide bonds. The number of carbonyl (C=O) groups is 3. The first-order valence-corrected chi connectivity index (χ1v) is 11.0. The summed E-state index contributed by atoms with van der Waals surface area (Å²) >= 11 is 7.17. The molecule has 182 valence electrons. The number of amides is 2. The summed E-state index contributed by atoms with van der Waals surface area (Å²) in [6.45, 7) is -0.696. The number of esters is 1. The predicted molar refractivity (Wildman–Crippen MR) is 129 cm³/mol. The SMILES string of the molecule is COc1cc(NC(=O)c2cccs2)c(C(=O)OCC(=O)Nc2ccc([N+](=O)[O-])cc2Cl)cc1OC. The third-order valence-electron chi connectivity index (χ3n) is 4.51. The molecule has 2 aromatic carbocycles. The minimum absolute atomic E-state index is 0.0580. The topological polar surface area (TPSA) is 146 Å². The number of hydrogen-bond acceptors (Lipinski definition) is 9. The monoisotopic (exact) mass is 519 g/mol. The van der Waals surface area contributed by atoms with Gasteiger partial charge < -0.3 is 24.8 Å². The standard InChI is InChI=1S/C22H18ClN3O8S/c1-32-17-9-13(16(10-18(17)33-2)25-21(28)19-4-3-7-35-19)22(29)34-11-20(27)24-15-6-5-12(26(30)31)8-14(15)23/h3-10H,11H2,1-2H3,(H,24,27)(H,25,28). The number of carbonyl (C=O) groups excluding carboxylic acids is 3. The Hall–Kier alpha value is -4.16. The molecule has 0 aliphatic carbocycles. The van der Waals surface area contributed by atoms with Gasteiger partial charge in [-0.1, -0.05) is 17.7 Å². The molecule has 0 radical (unpaired) electrons. The Morgan fingerprint density at radius 2 is 1.74 bits per heavy atom. The quantitative estimate of drug-likeness (QED) is 0.240. The van der Waals surface area contributed by atoms with Gasteiger partial charge in [-0.3, -0.25) is 19.7 Å². The van der Waals surface area contributed by atoms with Crippen LogP contribution in [0, 0.1) is 10.1 Å². The van der Waals surface area contributed by atoms with Crippen molar-refractivity contribution in [2.24, 2.45) is 0 Å². The maximum Gasteiger partial charge on any atom is 0.340 e. The first-order chi connectivity index (χ1) is 16.7. The lowest BCUT2D eigenvalue weighted by atomic mass is 10.1. The van der Waals surface area contributed by atoms with Crippen LogP contribution in [-0.2, 0) is 9.53 Å². The maximum absolute atomic E-state index is 12.8. The zero-order valence-electron chi connectivity index (χ0n) is 18.3. The summed E-state index contributed by atoms with van der Waals surface area (Å²) in [6, 6.07) is 9.54. The number of nitrogens with one attached hydrogen (secondary N) is 2. The number of halogens is 1. The van der Waals surface area contributed by atoms with Crippen molar-refractivity contribution in [3.8, 4) is 11.5 Å². The molecular formula is C22H18ClN3O8S. The Balaban J connectivity index is 1.75. The zero-order valence-corrected chi connectivity index (χ0v) is 19.9. The lowest BCUT2D eigenvalue weighted by Gasteiger charge is -2.15. The normalized spacial score (nSPS) is 10.3. The molecule has 35 heavy (non-hydrogen) atoms. The van der Waals surface area contributed by atoms with E-state index in [0.29, 0.717) is 4.88 Å². The van der Waals surface area contributed by atoms with Gasteiger partial charge in [0, 0.05) is 24.3 Å². The van der Waals surface area contributed by atoms with Gasteiger partial charge in [0.15, 0.2) is 18.1 Å². The minimum Gasteiger partial charge on any atom is -0.493 e. The summed E-state index contributed by atoms with van der Waals surface area (Å²) < 4.78 is 15.6. The van der Waals surface area contributed by atoms with E-state index in [1.54, 1.807) is 17.5 Å². The summed E-state index contributed by atoms with van der Waals surface area (Å²) in [4.78, 5) is 48.2. The number of nitro benzene ring substituents is 1. The molecule has 11 nitrogen and oxygen atoms in total. The van der Waals surface area contributed by atoms with Crippen molar-refractivity contribution in [2.75, 3.05) is 31.5 Å². The first kappa shape index (κ1) is 25.5. The van der Waals surface area contributed by atoms with Crippen LogP contribution in [0.3, 0.4) is 0 Å². The number of thiophene rings is 1. The average Bonchev–Trinajstić information content (AvgIpc) is 3.38. The van der Waals surface area contributed by atoms with Crippen LogP contribution in [0.1, 0.15) is 20.0 Å². The van der Waals surface area contributed by atoms with E-state index >= 15 is 0 Å². The molecule has 0 spiro atoms. The Kier molecular flexibility index (Phi) is 8.23. The number of benzene rings is 2. The van der Waals surface area contributed by atoms with Crippen molar-refractivity contribution in [3.05, 3.63) is 73.4 Å². The van der Waals surface area contributed by atoms with Crippen LogP contribution >= 0.6 is 22.9 Å². The van der Waals surface area contributed by atoms with Crippen LogP contribution in [0.4, 0.5) is 17.1 Å². The van der Waals surface area contributed by atoms with E-state index in [-0.39, 0.29) is 39.1 Å². The summed E-state index contributed by atoms with van der Waals surface area (Å²) in [5.41, 5.74) is -0.128. The largest absolute Gasteiger partial charge is 0.493 e. The van der Waals surface area contributed by atoms with Gasteiger partial charge in [0.1, 0.15) is 0 Å². The van der Waals surface area contributed by atoms with E-state index in [4.69, 9.17) is 25.8 Å². The second-order valence-corrected chi connectivity index (χ2v) is 8.08. The number of rotatable bonds is 9. The molecule has 1 heterocycles. The predicted octanol–water partition coefficient (Wildman–Crippen LogP) is 4.37. The molecule has 3 aromatic rings. The third-order valence-corrected chi connectivity index (χ3v) is 5.69. The molecule has 0 aliphatic heterocycles. The third kappa shape index (κ3) is 6.25. The van der Waals surface area contributed by atoms with Gasteiger partial charge in [0.25, 0.3) is 17.5 Å². The molecule has 0 unspecified atom stereocenters. The molecule has 3 rings (SSSR count). The molecule has 0 saturated carbocycles. The van der Waals surface area contributed by atoms with E-state index < -0.39 is 29.3 Å². The number of non-ortho nitro benzene ring substituents is 1. The number of ether oxygens (including phenoxy) is 3. The molecule has 2 N–H and O–H groups in total. The van der Waals surface area contributed by atoms with Crippen LogP contribution in [0.15, 0.2) is 47.8 Å². The van der Waals surface area contributed by atoms with E-state index in [2.05, 4.69) is 10.6 Å². The van der Waals surface area contributed by atoms with Crippen molar-refractivity contribution >= 4 is 57.8 Å². The lowest BCUT2D eigenvalue weighted by Crippen LogP contribution is -2.22. The fourth-order valence-corrected chi connectivity index (χ4v) is 3.70. The second-order valence-electron chi connectivity index (χ2n) is 6.73. The van der Waals surface area contributed by atoms with Crippen LogP contribution < -0.4 is 20.1 Å². The smallest absolute Gasteiger partial charge is 0.340 e. The summed E-state index contributed by atoms with van der Waals surface area (Å²) in [5, 5.41) is 17.5. The van der Waals surface area contributed by atoms with Crippen LogP contribution in [0.2, 0.25) is 5.02 Å². The summed E-state index contributed by atoms with van der Waals surface area (Å²) in [6.07, 6.45) is 0. The van der Waals surface area contributed by atoms with Crippen LogP contribution in [0.5, 0.6) is 11.5 Å². The molecule has 0 aliphatic rings. The van der Waals surface area contributed by atoms with E-state index in [1.165, 1.54) is 49.8 Å². The summed E-state index contributed by atoms with van der Waals surface area (Å²) in [5.74, 6) is -1.64. The van der Waals surface area contributed by atoms with Crippen molar-refractivity contribution in [3.63, 3.8) is 0 Å². The van der Waals surface area contributed by atoms with Crippen molar-refractivity contribution in [1.82, 2.24) is 0 Å². The number of methoxy groups -OCH3 is 2. The molecule has 0 saturated heterocycles. The van der Waals surface area contributed by atoms with E-state index in [0.717, 1.165) is 6.07 Å². The van der Waals surface area contributed by atoms with Gasteiger partial charge in [-0.05, 0) is 17.5 Å². The highest BCUT2D eigenvalue weighted by Crippen LogP contribution is 2.34. The highest BCUT2D eigenvalue weighted by atomic mass is 35.5. The van der Waals surface area contributed by atoms with Crippen molar-refractivity contribution in [2.45, 2.75) is 0 Å². The van der Waals surface area contributed by atoms with Gasteiger partial charge in [-0.25, -0.2) is 4.79 Å². The average molecular weight is 520 g/mol. The van der Waals surface area contributed by atoms with Gasteiger partial charge in [0.05, 0.1) is 46.0 Å². The number of hydrogen-bond donors (Lipinski definition) is 2. The lowest BCUT2D eigenvalue weighted by molar-refractivity contribution is -0.384. The van der Waals surface area contributed by atoms with Gasteiger partial charge in [-0.15, -0.1) is 11.3 Å². The molecule has 0 atom stereocenters. The number of anilines is 2. The highest BCUT2D eigenvalue weighted by Gasteiger charge is 2.22. The Bertz CT molecular complexity index is 1280. The molecule has 0 bridgehead atoms. The van der Waals surface area contributed by atoms with Crippen LogP contribution in [0.25, 0.3) is 0 Å². The Morgan fingerprint density at radius 3 is 2.34 bits per heavy atom. The molecular weight excluding hydrogens is 502 g/mol. The molecule has 13 heteroatoms. The number of nitro groups is 1. The fourth-order valence-electron chi connectivity index (χ4n) is 2.86.